The fourth-order valence-corrected chi connectivity index (χ4v) is 3.92. The van der Waals surface area contributed by atoms with Gasteiger partial charge in [-0.2, -0.15) is 0 Å². The number of benzene rings is 2. The van der Waals surface area contributed by atoms with Crippen molar-refractivity contribution in [2.75, 3.05) is 6.54 Å². The summed E-state index contributed by atoms with van der Waals surface area (Å²) in [7, 11) is 0. The predicted octanol–water partition coefficient (Wildman–Crippen LogP) is 5.02. The summed E-state index contributed by atoms with van der Waals surface area (Å²) in [5.41, 5.74) is 0.886. The Labute approximate surface area is 215 Å². The molecule has 3 amide bonds. The molecule has 2 unspecified atom stereocenters. The Kier molecular flexibility index (Phi) is 11.0. The van der Waals surface area contributed by atoms with E-state index in [0.717, 1.165) is 18.4 Å². The van der Waals surface area contributed by atoms with Gasteiger partial charge in [0.2, 0.25) is 11.8 Å². The molecule has 0 radical (unpaired) electrons. The van der Waals surface area contributed by atoms with Crippen LogP contribution in [0.1, 0.15) is 71.6 Å². The molecule has 0 aromatic heterocycles. The fourth-order valence-electron chi connectivity index (χ4n) is 3.92. The zero-order chi connectivity index (χ0) is 26.7. The summed E-state index contributed by atoms with van der Waals surface area (Å²) in [4.78, 5) is 41.8. The third kappa shape index (κ3) is 9.02. The number of hydrogen-bond acceptors (Lipinski definition) is 4. The summed E-state index contributed by atoms with van der Waals surface area (Å²) in [5, 5.41) is 5.76. The molecule has 2 atom stereocenters. The maximum absolute atomic E-state index is 14.1. The van der Waals surface area contributed by atoms with Gasteiger partial charge < -0.3 is 20.3 Å². The van der Waals surface area contributed by atoms with Crippen LogP contribution in [0.15, 0.2) is 60.7 Å². The fraction of sp³-hybridized carbons (Fsp3) is 0.483. The average molecular weight is 496 g/mol. The number of carbonyl (C=O) groups is 3. The van der Waals surface area contributed by atoms with Gasteiger partial charge >= 0.3 is 6.09 Å². The van der Waals surface area contributed by atoms with Gasteiger partial charge in [0, 0.05) is 19.0 Å². The Morgan fingerprint density at radius 2 is 1.53 bits per heavy atom. The van der Waals surface area contributed by atoms with Gasteiger partial charge in [-0.15, -0.1) is 0 Å². The summed E-state index contributed by atoms with van der Waals surface area (Å²) >= 11 is 0. The van der Waals surface area contributed by atoms with Crippen LogP contribution in [0.25, 0.3) is 0 Å². The first kappa shape index (κ1) is 28.9. The van der Waals surface area contributed by atoms with E-state index < -0.39 is 23.8 Å². The van der Waals surface area contributed by atoms with Gasteiger partial charge in [-0.25, -0.2) is 4.79 Å². The van der Waals surface area contributed by atoms with Crippen LogP contribution >= 0.6 is 0 Å². The largest absolute Gasteiger partial charge is 0.444 e. The van der Waals surface area contributed by atoms with E-state index in [9.17, 15) is 14.4 Å². The second-order valence-corrected chi connectivity index (χ2v) is 10.2. The first-order chi connectivity index (χ1) is 17.0. The molecule has 0 heterocycles. The second kappa shape index (κ2) is 13.7. The molecule has 2 aromatic rings. The monoisotopic (exact) mass is 495 g/mol. The van der Waals surface area contributed by atoms with E-state index in [4.69, 9.17) is 4.74 Å². The topological polar surface area (TPSA) is 87.7 Å². The number of nitrogens with zero attached hydrogens (tertiary/aromatic N) is 1. The van der Waals surface area contributed by atoms with Crippen molar-refractivity contribution in [3.05, 3.63) is 71.8 Å². The minimum Gasteiger partial charge on any atom is -0.444 e. The van der Waals surface area contributed by atoms with Crippen molar-refractivity contribution < 1.29 is 19.1 Å². The molecule has 2 rings (SSSR count). The molecule has 36 heavy (non-hydrogen) atoms. The van der Waals surface area contributed by atoms with E-state index in [1.807, 2.05) is 74.5 Å². The van der Waals surface area contributed by atoms with Crippen LogP contribution in [0.3, 0.4) is 0 Å². The van der Waals surface area contributed by atoms with Crippen molar-refractivity contribution in [3.63, 3.8) is 0 Å². The SMILES string of the molecule is CCCCNC(=O)C(c1ccccc1)N(C(=O)C(Cc1ccccc1)NC(=O)OC(C)(C)C)C(C)C. The molecule has 0 saturated heterocycles. The lowest BCUT2D eigenvalue weighted by atomic mass is 9.99. The predicted molar refractivity (Wildman–Crippen MR) is 142 cm³/mol. The molecule has 196 valence electrons. The zero-order valence-corrected chi connectivity index (χ0v) is 22.4. The van der Waals surface area contributed by atoms with E-state index in [1.165, 1.54) is 0 Å². The van der Waals surface area contributed by atoms with E-state index in [0.29, 0.717) is 12.1 Å². The molecule has 2 aromatic carbocycles. The van der Waals surface area contributed by atoms with Gasteiger partial charge in [0.05, 0.1) is 0 Å². The van der Waals surface area contributed by atoms with Gasteiger partial charge in [-0.05, 0) is 52.2 Å². The highest BCUT2D eigenvalue weighted by Crippen LogP contribution is 2.25. The number of carbonyl (C=O) groups excluding carboxylic acids is 3. The molecule has 2 N–H and O–H groups in total. The van der Waals surface area contributed by atoms with E-state index >= 15 is 0 Å². The van der Waals surface area contributed by atoms with Crippen LogP contribution in [0.5, 0.6) is 0 Å². The molecule has 0 saturated carbocycles. The van der Waals surface area contributed by atoms with E-state index in [1.54, 1.807) is 25.7 Å². The van der Waals surface area contributed by atoms with Crippen molar-refractivity contribution >= 4 is 17.9 Å². The van der Waals surface area contributed by atoms with Gasteiger partial charge in [0.15, 0.2) is 0 Å². The molecule has 7 nitrogen and oxygen atoms in total. The van der Waals surface area contributed by atoms with Crippen molar-refractivity contribution in [2.45, 2.75) is 84.5 Å². The summed E-state index contributed by atoms with van der Waals surface area (Å²) < 4.78 is 5.45. The van der Waals surface area contributed by atoms with Crippen molar-refractivity contribution in [2.24, 2.45) is 0 Å². The highest BCUT2D eigenvalue weighted by Gasteiger charge is 2.37. The number of ether oxygens (including phenoxy) is 1. The number of rotatable bonds is 11. The Morgan fingerprint density at radius 3 is 2.06 bits per heavy atom. The Morgan fingerprint density at radius 1 is 0.944 bits per heavy atom. The average Bonchev–Trinajstić information content (AvgIpc) is 2.81. The van der Waals surface area contributed by atoms with Crippen LogP contribution in [-0.2, 0) is 20.7 Å². The maximum Gasteiger partial charge on any atom is 0.408 e. The molecule has 0 fully saturated rings. The second-order valence-electron chi connectivity index (χ2n) is 10.2. The molecule has 0 bridgehead atoms. The Balaban J connectivity index is 2.45. The van der Waals surface area contributed by atoms with Crippen LogP contribution in [0.2, 0.25) is 0 Å². The van der Waals surface area contributed by atoms with Gasteiger partial charge in [0.25, 0.3) is 0 Å². The van der Waals surface area contributed by atoms with Gasteiger partial charge in [0.1, 0.15) is 17.7 Å². The third-order valence-electron chi connectivity index (χ3n) is 5.55. The number of hydrogen-bond donors (Lipinski definition) is 2. The van der Waals surface area contributed by atoms with Crippen LogP contribution in [0, 0.1) is 0 Å². The third-order valence-corrected chi connectivity index (χ3v) is 5.55. The number of amides is 3. The molecule has 7 heteroatoms. The number of unbranched alkanes of at least 4 members (excludes halogenated alkanes) is 1. The highest BCUT2D eigenvalue weighted by atomic mass is 16.6. The lowest BCUT2D eigenvalue weighted by Gasteiger charge is -2.37. The minimum absolute atomic E-state index is 0.243. The molecular formula is C29H41N3O4. The minimum atomic E-state index is -0.917. The summed E-state index contributed by atoms with van der Waals surface area (Å²) in [6, 6.07) is 16.7. The normalized spacial score (nSPS) is 13.0. The summed E-state index contributed by atoms with van der Waals surface area (Å²) in [6.45, 7) is 11.7. The zero-order valence-electron chi connectivity index (χ0n) is 22.4. The number of alkyl carbamates (subject to hydrolysis) is 1. The standard InChI is InChI=1S/C29H41N3O4/c1-7-8-19-30-26(33)25(23-17-13-10-14-18-23)32(21(2)3)27(34)24(20-22-15-11-9-12-16-22)31-28(35)36-29(4,5)6/h9-18,21,24-25H,7-8,19-20H2,1-6H3,(H,30,33)(H,31,35). The van der Waals surface area contributed by atoms with Crippen LogP contribution in [-0.4, -0.2) is 47.0 Å². The Hall–Kier alpha value is -3.35. The number of nitrogens with one attached hydrogen (secondary N) is 2. The summed E-state index contributed by atoms with van der Waals surface area (Å²) in [5.74, 6) is -0.591. The van der Waals surface area contributed by atoms with Gasteiger partial charge in [-0.1, -0.05) is 74.0 Å². The van der Waals surface area contributed by atoms with Crippen molar-refractivity contribution in [1.29, 1.82) is 0 Å². The smallest absolute Gasteiger partial charge is 0.408 e. The van der Waals surface area contributed by atoms with Crippen molar-refractivity contribution in [1.82, 2.24) is 15.5 Å². The van der Waals surface area contributed by atoms with E-state index in [-0.39, 0.29) is 24.3 Å². The molecule has 0 aliphatic rings. The molecular weight excluding hydrogens is 454 g/mol. The quantitative estimate of drug-likeness (QED) is 0.429. The van der Waals surface area contributed by atoms with Gasteiger partial charge in [-0.3, -0.25) is 9.59 Å². The first-order valence-corrected chi connectivity index (χ1v) is 12.7. The highest BCUT2D eigenvalue weighted by molar-refractivity contribution is 5.92. The van der Waals surface area contributed by atoms with Crippen LogP contribution < -0.4 is 10.6 Å². The van der Waals surface area contributed by atoms with Crippen molar-refractivity contribution in [3.8, 4) is 0 Å². The molecule has 0 aliphatic carbocycles. The Bertz CT molecular complexity index is 971. The summed E-state index contributed by atoms with van der Waals surface area (Å²) in [6.07, 6.45) is 1.38. The lowest BCUT2D eigenvalue weighted by molar-refractivity contribution is -0.144. The van der Waals surface area contributed by atoms with Crippen LogP contribution in [0.4, 0.5) is 4.79 Å². The maximum atomic E-state index is 14.1. The lowest BCUT2D eigenvalue weighted by Crippen LogP contribution is -2.55. The first-order valence-electron chi connectivity index (χ1n) is 12.7. The van der Waals surface area contributed by atoms with E-state index in [2.05, 4.69) is 17.6 Å². The molecule has 0 spiro atoms. The molecule has 0 aliphatic heterocycles.